The number of benzene rings is 8. The maximum atomic E-state index is 2.41. The predicted octanol–water partition coefficient (Wildman–Crippen LogP) is 8.70. The molecule has 0 unspecified atom stereocenters. The zero-order valence-corrected chi connectivity index (χ0v) is 26.0. The molecule has 0 amide bonds. The average Bonchev–Trinajstić information content (AvgIpc) is 3.13. The molecule has 0 spiro atoms. The van der Waals surface area contributed by atoms with Gasteiger partial charge in [-0.05, 0) is 64.5 Å². The van der Waals surface area contributed by atoms with E-state index in [1.54, 1.807) is 0 Å². The fourth-order valence-corrected chi connectivity index (χ4v) is 12.1. The minimum absolute atomic E-state index is 1.24. The van der Waals surface area contributed by atoms with Crippen LogP contribution in [0.25, 0.3) is 43.8 Å². The fraction of sp³-hybridized carbons (Fsp3) is 0. The predicted molar refractivity (Wildman–Crippen MR) is 196 cm³/mol. The van der Waals surface area contributed by atoms with Crippen LogP contribution in [0.1, 0.15) is 0 Å². The van der Waals surface area contributed by atoms with Crippen LogP contribution in [0.4, 0.5) is 0 Å². The second-order valence-electron chi connectivity index (χ2n) is 11.6. The molecule has 0 saturated heterocycles. The molecule has 0 fully saturated rings. The lowest BCUT2D eigenvalue weighted by Gasteiger charge is -2.34. The number of hydrogen-bond donors (Lipinski definition) is 0. The quantitative estimate of drug-likeness (QED) is 0.104. The van der Waals surface area contributed by atoms with Gasteiger partial charge in [-0.15, -0.1) is 0 Å². The molecule has 8 aromatic rings. The van der Waals surface area contributed by atoms with Gasteiger partial charge < -0.3 is 0 Å². The highest BCUT2D eigenvalue weighted by Crippen LogP contribution is 2.43. The lowest BCUT2D eigenvalue weighted by atomic mass is 9.86. The van der Waals surface area contributed by atoms with Crippen molar-refractivity contribution in [2.45, 2.75) is 0 Å². The van der Waals surface area contributed by atoms with Gasteiger partial charge in [0.1, 0.15) is 0 Å². The molecule has 212 valence electrons. The lowest BCUT2D eigenvalue weighted by molar-refractivity contribution is 1.64. The molecule has 0 radical (unpaired) electrons. The molecule has 0 aliphatic heterocycles. The van der Waals surface area contributed by atoms with Crippen LogP contribution in [-0.2, 0) is 0 Å². The Balaban J connectivity index is 1.39. The van der Waals surface area contributed by atoms with E-state index in [9.17, 15) is 0 Å². The maximum Gasteiger partial charge on any atom is 0.179 e. The molecular weight excluding hydrogens is 557 g/mol. The van der Waals surface area contributed by atoms with E-state index >= 15 is 0 Å². The summed E-state index contributed by atoms with van der Waals surface area (Å²) >= 11 is 0. The average molecular weight is 589 g/mol. The molecule has 45 heavy (non-hydrogen) atoms. The van der Waals surface area contributed by atoms with Crippen molar-refractivity contribution < 1.29 is 0 Å². The lowest BCUT2D eigenvalue weighted by Crippen LogP contribution is -2.74. The van der Waals surface area contributed by atoms with Gasteiger partial charge in [0.25, 0.3) is 0 Å². The van der Waals surface area contributed by atoms with Crippen molar-refractivity contribution in [3.63, 3.8) is 0 Å². The van der Waals surface area contributed by atoms with Crippen LogP contribution >= 0.6 is 0 Å². The summed E-state index contributed by atoms with van der Waals surface area (Å²) in [5, 5.41) is 10.7. The molecule has 0 nitrogen and oxygen atoms in total. The molecule has 0 aromatic heterocycles. The first-order chi connectivity index (χ1) is 22.4. The first-order valence-electron chi connectivity index (χ1n) is 15.6. The topological polar surface area (TPSA) is 0 Å². The first-order valence-corrected chi connectivity index (χ1v) is 17.6. The zero-order valence-electron chi connectivity index (χ0n) is 25.0. The first kappa shape index (κ1) is 27.1. The summed E-state index contributed by atoms with van der Waals surface area (Å²) in [6.45, 7) is 0. The molecule has 0 N–H and O–H groups in total. The molecule has 0 saturated carbocycles. The summed E-state index contributed by atoms with van der Waals surface area (Å²) < 4.78 is 0. The molecule has 0 bridgehead atoms. The molecule has 8 rings (SSSR count). The molecule has 0 atom stereocenters. The van der Waals surface area contributed by atoms with Gasteiger partial charge in [0.05, 0.1) is 0 Å². The van der Waals surface area contributed by atoms with Crippen LogP contribution in [0.5, 0.6) is 0 Å². The standard InChI is InChI=1S/C44H32Si/c1-5-17-33(18-6-1)43-39-25-13-15-27-41(39)44(42-28-16-14-26-40(42)43)34-29-31-38(32-30-34)45(35-19-7-2-8-20-35,36-21-9-3-10-22-36)37-23-11-4-12-24-37/h1-32H. The Kier molecular flexibility index (Phi) is 6.94. The van der Waals surface area contributed by atoms with Crippen molar-refractivity contribution in [1.29, 1.82) is 0 Å². The number of fused-ring (bicyclic) bond motifs is 2. The molecular formula is C44H32Si. The Morgan fingerprint density at radius 3 is 0.844 bits per heavy atom. The summed E-state index contributed by atoms with van der Waals surface area (Å²) in [5.41, 5.74) is 5.07. The highest BCUT2D eigenvalue weighted by molar-refractivity contribution is 7.19. The summed E-state index contributed by atoms with van der Waals surface area (Å²) in [6.07, 6.45) is 0. The third-order valence-electron chi connectivity index (χ3n) is 9.22. The Morgan fingerprint density at radius 1 is 0.222 bits per heavy atom. The van der Waals surface area contributed by atoms with E-state index < -0.39 is 8.07 Å². The normalized spacial score (nSPS) is 11.6. The summed E-state index contributed by atoms with van der Waals surface area (Å²) in [4.78, 5) is 0. The largest absolute Gasteiger partial charge is 0.179 e. The molecule has 0 aliphatic rings. The summed E-state index contributed by atoms with van der Waals surface area (Å²) in [5.74, 6) is 0. The van der Waals surface area contributed by atoms with Gasteiger partial charge in [-0.3, -0.25) is 0 Å². The number of hydrogen-bond acceptors (Lipinski definition) is 0. The van der Waals surface area contributed by atoms with Gasteiger partial charge in [0.15, 0.2) is 8.07 Å². The smallest absolute Gasteiger partial charge is 0.0623 e. The third kappa shape index (κ3) is 4.52. The van der Waals surface area contributed by atoms with Crippen molar-refractivity contribution in [2.24, 2.45) is 0 Å². The Morgan fingerprint density at radius 2 is 0.489 bits per heavy atom. The zero-order chi connectivity index (χ0) is 30.1. The molecule has 1 heteroatoms. The summed E-state index contributed by atoms with van der Waals surface area (Å²) in [6, 6.07) is 71.5. The monoisotopic (exact) mass is 588 g/mol. The van der Waals surface area contributed by atoms with Crippen LogP contribution in [0, 0.1) is 0 Å². The van der Waals surface area contributed by atoms with Crippen molar-refractivity contribution in [3.8, 4) is 22.3 Å². The van der Waals surface area contributed by atoms with Gasteiger partial charge in [-0.25, -0.2) is 0 Å². The SMILES string of the molecule is c1ccc(-c2c3ccccc3c(-c3ccc([Si](c4ccccc4)(c4ccccc4)c4ccccc4)cc3)c3ccccc23)cc1. The molecule has 8 aromatic carbocycles. The van der Waals surface area contributed by atoms with Crippen molar-refractivity contribution in [3.05, 3.63) is 194 Å². The minimum Gasteiger partial charge on any atom is -0.0623 e. The Hall–Kier alpha value is -5.50. The minimum atomic E-state index is -2.58. The van der Waals surface area contributed by atoms with Crippen molar-refractivity contribution >= 4 is 50.4 Å². The van der Waals surface area contributed by atoms with Crippen LogP contribution < -0.4 is 20.7 Å². The van der Waals surface area contributed by atoms with Crippen molar-refractivity contribution in [1.82, 2.24) is 0 Å². The Labute approximate surface area is 265 Å². The van der Waals surface area contributed by atoms with Gasteiger partial charge in [-0.1, -0.05) is 194 Å². The fourth-order valence-electron chi connectivity index (χ4n) is 7.31. The van der Waals surface area contributed by atoms with E-state index in [-0.39, 0.29) is 0 Å². The van der Waals surface area contributed by atoms with E-state index in [1.807, 2.05) is 0 Å². The van der Waals surface area contributed by atoms with Crippen LogP contribution in [-0.4, -0.2) is 8.07 Å². The van der Waals surface area contributed by atoms with E-state index in [2.05, 4.69) is 194 Å². The van der Waals surface area contributed by atoms with Crippen LogP contribution in [0.2, 0.25) is 0 Å². The highest BCUT2D eigenvalue weighted by atomic mass is 28.3. The molecule has 0 heterocycles. The van der Waals surface area contributed by atoms with Gasteiger partial charge in [0, 0.05) is 0 Å². The van der Waals surface area contributed by atoms with Crippen LogP contribution in [0.15, 0.2) is 194 Å². The van der Waals surface area contributed by atoms with Gasteiger partial charge in [-0.2, -0.15) is 0 Å². The van der Waals surface area contributed by atoms with E-state index in [1.165, 1.54) is 64.5 Å². The van der Waals surface area contributed by atoms with Crippen molar-refractivity contribution in [2.75, 3.05) is 0 Å². The molecule has 0 aliphatic carbocycles. The van der Waals surface area contributed by atoms with E-state index in [0.717, 1.165) is 0 Å². The summed E-state index contributed by atoms with van der Waals surface area (Å²) in [7, 11) is -2.58. The second kappa shape index (κ2) is 11.5. The maximum absolute atomic E-state index is 2.58. The number of rotatable bonds is 6. The Bertz CT molecular complexity index is 2070. The second-order valence-corrected chi connectivity index (χ2v) is 15.4. The van der Waals surface area contributed by atoms with Crippen LogP contribution in [0.3, 0.4) is 0 Å². The van der Waals surface area contributed by atoms with E-state index in [4.69, 9.17) is 0 Å². The third-order valence-corrected chi connectivity index (χ3v) is 14.0. The highest BCUT2D eigenvalue weighted by Gasteiger charge is 2.41. The van der Waals surface area contributed by atoms with Gasteiger partial charge in [0.2, 0.25) is 0 Å². The van der Waals surface area contributed by atoms with E-state index in [0.29, 0.717) is 0 Å². The van der Waals surface area contributed by atoms with Gasteiger partial charge >= 0.3 is 0 Å².